The summed E-state index contributed by atoms with van der Waals surface area (Å²) >= 11 is 0. The number of benzene rings is 1. The Balaban J connectivity index is 2.25. The third-order valence-corrected chi connectivity index (χ3v) is 4.23. The zero-order valence-corrected chi connectivity index (χ0v) is 11.0. The van der Waals surface area contributed by atoms with Crippen molar-refractivity contribution in [1.82, 2.24) is 0 Å². The van der Waals surface area contributed by atoms with Crippen LogP contribution in [-0.4, -0.2) is 5.11 Å². The maximum atomic E-state index is 10.8. The number of rotatable bonds is 2. The van der Waals surface area contributed by atoms with Gasteiger partial charge in [0.15, 0.2) is 0 Å². The SMILES string of the molecule is CC(O)(c1cccc(C#N)c1)C1CCCCCC1. The Morgan fingerprint density at radius 2 is 1.89 bits per heavy atom. The highest BCUT2D eigenvalue weighted by Gasteiger charge is 2.33. The van der Waals surface area contributed by atoms with Crippen molar-refractivity contribution in [3.05, 3.63) is 35.4 Å². The van der Waals surface area contributed by atoms with Crippen LogP contribution >= 0.6 is 0 Å². The van der Waals surface area contributed by atoms with Crippen LogP contribution in [0.15, 0.2) is 24.3 Å². The minimum absolute atomic E-state index is 0.314. The van der Waals surface area contributed by atoms with Gasteiger partial charge < -0.3 is 5.11 Å². The molecule has 1 atom stereocenters. The molecule has 2 nitrogen and oxygen atoms in total. The summed E-state index contributed by atoms with van der Waals surface area (Å²) in [7, 11) is 0. The quantitative estimate of drug-likeness (QED) is 0.804. The van der Waals surface area contributed by atoms with Crippen molar-refractivity contribution in [2.45, 2.75) is 51.0 Å². The summed E-state index contributed by atoms with van der Waals surface area (Å²) in [4.78, 5) is 0. The van der Waals surface area contributed by atoms with Crippen LogP contribution < -0.4 is 0 Å². The molecule has 1 aliphatic rings. The molecule has 1 unspecified atom stereocenters. The van der Waals surface area contributed by atoms with Crippen LogP contribution in [-0.2, 0) is 5.60 Å². The summed E-state index contributed by atoms with van der Waals surface area (Å²) in [6.45, 7) is 1.90. The largest absolute Gasteiger partial charge is 0.385 e. The molecule has 18 heavy (non-hydrogen) atoms. The van der Waals surface area contributed by atoms with Crippen LogP contribution in [0.1, 0.15) is 56.6 Å². The van der Waals surface area contributed by atoms with E-state index in [1.165, 1.54) is 25.7 Å². The first-order chi connectivity index (χ1) is 8.64. The molecule has 1 aromatic rings. The lowest BCUT2D eigenvalue weighted by Gasteiger charge is -2.33. The second-order valence-corrected chi connectivity index (χ2v) is 5.53. The highest BCUT2D eigenvalue weighted by atomic mass is 16.3. The number of aliphatic hydroxyl groups is 1. The van der Waals surface area contributed by atoms with Crippen molar-refractivity contribution in [2.24, 2.45) is 5.92 Å². The summed E-state index contributed by atoms with van der Waals surface area (Å²) in [5, 5.41) is 19.8. The maximum Gasteiger partial charge on any atom is 0.0991 e. The monoisotopic (exact) mass is 243 g/mol. The van der Waals surface area contributed by atoms with Crippen molar-refractivity contribution >= 4 is 0 Å². The molecule has 0 aromatic heterocycles. The average Bonchev–Trinajstić information content (AvgIpc) is 2.68. The maximum absolute atomic E-state index is 10.8. The van der Waals surface area contributed by atoms with Gasteiger partial charge in [-0.1, -0.05) is 37.8 Å². The van der Waals surface area contributed by atoms with E-state index in [9.17, 15) is 5.11 Å². The molecule has 0 amide bonds. The van der Waals surface area contributed by atoms with Crippen LogP contribution in [0.4, 0.5) is 0 Å². The minimum Gasteiger partial charge on any atom is -0.385 e. The fraction of sp³-hybridized carbons (Fsp3) is 0.562. The summed E-state index contributed by atoms with van der Waals surface area (Å²) in [5.74, 6) is 0.314. The summed E-state index contributed by atoms with van der Waals surface area (Å²) in [5.41, 5.74) is 0.701. The molecule has 1 N–H and O–H groups in total. The Kier molecular flexibility index (Phi) is 4.04. The van der Waals surface area contributed by atoms with Crippen LogP contribution in [0, 0.1) is 17.2 Å². The third kappa shape index (κ3) is 2.73. The smallest absolute Gasteiger partial charge is 0.0991 e. The highest BCUT2D eigenvalue weighted by molar-refractivity contribution is 5.35. The van der Waals surface area contributed by atoms with Gasteiger partial charge in [-0.2, -0.15) is 5.26 Å². The van der Waals surface area contributed by atoms with E-state index in [0.717, 1.165) is 18.4 Å². The van der Waals surface area contributed by atoms with E-state index in [0.29, 0.717) is 11.5 Å². The summed E-state index contributed by atoms with van der Waals surface area (Å²) < 4.78 is 0. The zero-order chi connectivity index (χ0) is 13.0. The Labute approximate surface area is 109 Å². The Morgan fingerprint density at radius 3 is 2.50 bits per heavy atom. The van der Waals surface area contributed by atoms with Crippen molar-refractivity contribution < 1.29 is 5.11 Å². The topological polar surface area (TPSA) is 44.0 Å². The average molecular weight is 243 g/mol. The lowest BCUT2D eigenvalue weighted by molar-refractivity contribution is -0.0126. The molecule has 1 saturated carbocycles. The van der Waals surface area contributed by atoms with E-state index < -0.39 is 5.60 Å². The van der Waals surface area contributed by atoms with Crippen LogP contribution in [0.25, 0.3) is 0 Å². The van der Waals surface area contributed by atoms with Crippen molar-refractivity contribution in [2.75, 3.05) is 0 Å². The van der Waals surface area contributed by atoms with E-state index in [4.69, 9.17) is 5.26 Å². The predicted molar refractivity (Wildman–Crippen MR) is 71.9 cm³/mol. The van der Waals surface area contributed by atoms with Crippen molar-refractivity contribution in [1.29, 1.82) is 5.26 Å². The van der Waals surface area contributed by atoms with Crippen LogP contribution in [0.5, 0.6) is 0 Å². The molecule has 1 aromatic carbocycles. The molecular formula is C16H21NO. The number of hydrogen-bond donors (Lipinski definition) is 1. The Hall–Kier alpha value is -1.33. The Morgan fingerprint density at radius 1 is 1.22 bits per heavy atom. The van der Waals surface area contributed by atoms with E-state index >= 15 is 0 Å². The van der Waals surface area contributed by atoms with Gasteiger partial charge in [0.05, 0.1) is 17.2 Å². The fourth-order valence-corrected chi connectivity index (χ4v) is 2.98. The van der Waals surface area contributed by atoms with Crippen LogP contribution in [0.3, 0.4) is 0 Å². The number of nitriles is 1. The predicted octanol–water partition coefficient (Wildman–Crippen LogP) is 3.74. The summed E-state index contributed by atoms with van der Waals surface area (Å²) in [6, 6.07) is 9.55. The lowest BCUT2D eigenvalue weighted by atomic mass is 9.78. The van der Waals surface area contributed by atoms with E-state index in [-0.39, 0.29) is 0 Å². The fourth-order valence-electron chi connectivity index (χ4n) is 2.98. The van der Waals surface area contributed by atoms with Crippen molar-refractivity contribution in [3.63, 3.8) is 0 Å². The Bertz CT molecular complexity index is 437. The van der Waals surface area contributed by atoms with Gasteiger partial charge in [-0.3, -0.25) is 0 Å². The van der Waals surface area contributed by atoms with Gasteiger partial charge >= 0.3 is 0 Å². The molecule has 0 heterocycles. The van der Waals surface area contributed by atoms with Gasteiger partial charge in [-0.25, -0.2) is 0 Å². The molecule has 1 fully saturated rings. The molecule has 2 rings (SSSR count). The first kappa shape index (κ1) is 13.1. The summed E-state index contributed by atoms with van der Waals surface area (Å²) in [6.07, 6.45) is 7.15. The molecular weight excluding hydrogens is 222 g/mol. The van der Waals surface area contributed by atoms with E-state index in [2.05, 4.69) is 6.07 Å². The normalized spacial score (nSPS) is 20.7. The molecule has 96 valence electrons. The van der Waals surface area contributed by atoms with Gasteiger partial charge in [0.2, 0.25) is 0 Å². The van der Waals surface area contributed by atoms with Gasteiger partial charge in [0, 0.05) is 0 Å². The molecule has 1 aliphatic carbocycles. The lowest BCUT2D eigenvalue weighted by Crippen LogP contribution is -2.31. The molecule has 0 spiro atoms. The third-order valence-electron chi connectivity index (χ3n) is 4.23. The zero-order valence-electron chi connectivity index (χ0n) is 11.0. The standard InChI is InChI=1S/C16H21NO/c1-16(18,14-8-4-2-3-5-9-14)15-10-6-7-13(11-15)12-17/h6-7,10-11,14,18H,2-5,8-9H2,1H3. The molecule has 0 bridgehead atoms. The van der Waals surface area contributed by atoms with Gasteiger partial charge in [0.1, 0.15) is 0 Å². The second-order valence-electron chi connectivity index (χ2n) is 5.53. The van der Waals surface area contributed by atoms with E-state index in [1.807, 2.05) is 25.1 Å². The first-order valence-corrected chi connectivity index (χ1v) is 6.87. The van der Waals surface area contributed by atoms with Crippen molar-refractivity contribution in [3.8, 4) is 6.07 Å². The molecule has 0 saturated heterocycles. The van der Waals surface area contributed by atoms with Gasteiger partial charge in [0.25, 0.3) is 0 Å². The highest BCUT2D eigenvalue weighted by Crippen LogP contribution is 2.38. The van der Waals surface area contributed by atoms with Gasteiger partial charge in [-0.15, -0.1) is 0 Å². The van der Waals surface area contributed by atoms with E-state index in [1.54, 1.807) is 6.07 Å². The van der Waals surface area contributed by atoms with Gasteiger partial charge in [-0.05, 0) is 43.4 Å². The number of hydrogen-bond acceptors (Lipinski definition) is 2. The van der Waals surface area contributed by atoms with Crippen LogP contribution in [0.2, 0.25) is 0 Å². The molecule has 2 heteroatoms. The molecule has 0 radical (unpaired) electrons. The second kappa shape index (κ2) is 5.54. The number of nitrogens with zero attached hydrogens (tertiary/aromatic N) is 1. The first-order valence-electron chi connectivity index (χ1n) is 6.87. The molecule has 0 aliphatic heterocycles. The minimum atomic E-state index is -0.808.